The molecule has 12 heteroatoms. The molecule has 0 fully saturated rings. The van der Waals surface area contributed by atoms with Gasteiger partial charge in [-0.1, -0.05) is 106 Å². The molecule has 7 nitrogen and oxygen atoms in total. The van der Waals surface area contributed by atoms with Crippen LogP contribution in [0.1, 0.15) is 28.8 Å². The lowest BCUT2D eigenvalue weighted by Gasteiger charge is -2.06. The molecular formula is C30H35BrN6OS4. The molecule has 3 aliphatic heterocycles. The Kier molecular flexibility index (Phi) is 13.3. The van der Waals surface area contributed by atoms with Crippen LogP contribution in [0.25, 0.3) is 0 Å². The molecular weight excluding hydrogens is 669 g/mol. The van der Waals surface area contributed by atoms with E-state index in [0.717, 1.165) is 44.2 Å². The first-order chi connectivity index (χ1) is 20.4. The Labute approximate surface area is 273 Å². The Balaban J connectivity index is 0.000000145. The SMILES string of the molecule is COc1ccc(C2CSC(N)=N2)cc1.NC1=NC(CSCc2ccccc2)CS1.NC1=NC(c2cccc(Br)c2)CS1. The maximum absolute atomic E-state index is 5.61. The van der Waals surface area contributed by atoms with Gasteiger partial charge in [-0.2, -0.15) is 11.8 Å². The highest BCUT2D eigenvalue weighted by Gasteiger charge is 2.19. The van der Waals surface area contributed by atoms with Gasteiger partial charge in [0.15, 0.2) is 15.5 Å². The summed E-state index contributed by atoms with van der Waals surface area (Å²) in [4.78, 5) is 13.0. The molecule has 42 heavy (non-hydrogen) atoms. The van der Waals surface area contributed by atoms with Gasteiger partial charge in [-0.3, -0.25) is 15.0 Å². The molecule has 6 rings (SSSR count). The minimum Gasteiger partial charge on any atom is -0.497 e. The molecule has 222 valence electrons. The second-order valence-electron chi connectivity index (χ2n) is 9.35. The van der Waals surface area contributed by atoms with Gasteiger partial charge in [-0.25, -0.2) is 0 Å². The fourth-order valence-corrected chi connectivity index (χ4v) is 8.03. The summed E-state index contributed by atoms with van der Waals surface area (Å²) in [5.74, 6) is 5.96. The van der Waals surface area contributed by atoms with Crippen molar-refractivity contribution in [1.29, 1.82) is 0 Å². The van der Waals surface area contributed by atoms with Crippen LogP contribution in [0.5, 0.6) is 5.75 Å². The minimum absolute atomic E-state index is 0.214. The average molecular weight is 704 g/mol. The lowest BCUT2D eigenvalue weighted by atomic mass is 10.1. The lowest BCUT2D eigenvalue weighted by molar-refractivity contribution is 0.414. The van der Waals surface area contributed by atoms with Gasteiger partial charge in [-0.05, 0) is 41.0 Å². The van der Waals surface area contributed by atoms with Gasteiger partial charge in [0.25, 0.3) is 0 Å². The molecule has 0 radical (unpaired) electrons. The highest BCUT2D eigenvalue weighted by molar-refractivity contribution is 9.10. The highest BCUT2D eigenvalue weighted by atomic mass is 79.9. The van der Waals surface area contributed by atoms with Crippen LogP contribution in [-0.4, -0.2) is 51.7 Å². The van der Waals surface area contributed by atoms with E-state index < -0.39 is 0 Å². The molecule has 0 spiro atoms. The molecule has 0 aliphatic carbocycles. The molecule has 3 aromatic carbocycles. The van der Waals surface area contributed by atoms with E-state index in [2.05, 4.69) is 67.3 Å². The van der Waals surface area contributed by atoms with E-state index >= 15 is 0 Å². The van der Waals surface area contributed by atoms with Crippen LogP contribution in [0.15, 0.2) is 98.3 Å². The number of hydrogen-bond acceptors (Lipinski definition) is 11. The number of aliphatic imine (C=N–C) groups is 3. The molecule has 3 aliphatic rings. The fourth-order valence-electron chi connectivity index (χ4n) is 4.07. The topological polar surface area (TPSA) is 124 Å². The standard InChI is InChI=1S/C11H14N2S2.C10H12N2OS.C9H9BrN2S/c12-11-13-10(8-15-11)7-14-6-9-4-2-1-3-5-9;1-13-8-4-2-7(3-5-8)9-6-14-10(11)12-9;10-7-3-1-2-6(4-7)8-5-13-9(11)12-8/h1-5,10H,6-8H2,(H2,12,13);2-5,9H,6H2,1H3,(H2,11,12);1-4,8H,5H2,(H2,11,12). The summed E-state index contributed by atoms with van der Waals surface area (Å²) in [5.41, 5.74) is 20.6. The van der Waals surface area contributed by atoms with E-state index in [1.165, 1.54) is 16.7 Å². The minimum atomic E-state index is 0.214. The van der Waals surface area contributed by atoms with Crippen molar-refractivity contribution in [2.45, 2.75) is 23.9 Å². The number of rotatable bonds is 7. The molecule has 3 aromatic rings. The zero-order valence-corrected chi connectivity index (χ0v) is 28.1. The number of nitrogens with zero attached hydrogens (tertiary/aromatic N) is 3. The third kappa shape index (κ3) is 10.8. The summed E-state index contributed by atoms with van der Waals surface area (Å²) in [6.45, 7) is 0. The van der Waals surface area contributed by atoms with Gasteiger partial charge in [0.05, 0.1) is 25.2 Å². The van der Waals surface area contributed by atoms with Crippen LogP contribution in [0.2, 0.25) is 0 Å². The maximum atomic E-state index is 5.61. The third-order valence-corrected chi connectivity index (χ3v) is 10.6. The van der Waals surface area contributed by atoms with Crippen molar-refractivity contribution < 1.29 is 4.74 Å². The second-order valence-corrected chi connectivity index (χ2v) is 14.4. The summed E-state index contributed by atoms with van der Waals surface area (Å²) in [7, 11) is 1.66. The fraction of sp³-hybridized carbons (Fsp3) is 0.300. The van der Waals surface area contributed by atoms with Crippen molar-refractivity contribution >= 4 is 78.5 Å². The summed E-state index contributed by atoms with van der Waals surface area (Å²) in [5, 5.41) is 2.14. The first-order valence-electron chi connectivity index (χ1n) is 13.3. The first kappa shape index (κ1) is 32.7. The quantitative estimate of drug-likeness (QED) is 0.249. The van der Waals surface area contributed by atoms with Crippen molar-refractivity contribution in [3.63, 3.8) is 0 Å². The number of thioether (sulfide) groups is 4. The number of amidine groups is 3. The van der Waals surface area contributed by atoms with Crippen LogP contribution in [0.4, 0.5) is 0 Å². The van der Waals surface area contributed by atoms with E-state index in [1.54, 1.807) is 42.4 Å². The predicted octanol–water partition coefficient (Wildman–Crippen LogP) is 6.70. The Hall–Kier alpha value is -2.25. The van der Waals surface area contributed by atoms with Gasteiger partial charge in [0, 0.05) is 33.2 Å². The number of ether oxygens (including phenoxy) is 1. The number of benzene rings is 3. The molecule has 0 saturated carbocycles. The highest BCUT2D eigenvalue weighted by Crippen LogP contribution is 2.31. The smallest absolute Gasteiger partial charge is 0.154 e. The van der Waals surface area contributed by atoms with E-state index in [4.69, 9.17) is 21.9 Å². The third-order valence-electron chi connectivity index (χ3n) is 6.23. The Morgan fingerprint density at radius 1 is 0.762 bits per heavy atom. The van der Waals surface area contributed by atoms with Gasteiger partial charge in [0.1, 0.15) is 5.75 Å². The van der Waals surface area contributed by atoms with Gasteiger partial charge in [-0.15, -0.1) is 0 Å². The van der Waals surface area contributed by atoms with Gasteiger partial charge < -0.3 is 21.9 Å². The van der Waals surface area contributed by atoms with Crippen molar-refractivity contribution in [1.82, 2.24) is 0 Å². The normalized spacial score (nSPS) is 20.8. The summed E-state index contributed by atoms with van der Waals surface area (Å²) >= 11 is 10.3. The molecule has 3 heterocycles. The number of halogens is 1. The van der Waals surface area contributed by atoms with E-state index in [9.17, 15) is 0 Å². The molecule has 6 N–H and O–H groups in total. The average Bonchev–Trinajstić information content (AvgIpc) is 3.76. The van der Waals surface area contributed by atoms with Crippen LogP contribution < -0.4 is 21.9 Å². The van der Waals surface area contributed by atoms with Crippen molar-refractivity contribution in [2.24, 2.45) is 32.2 Å². The molecule has 0 saturated heterocycles. The van der Waals surface area contributed by atoms with Crippen LogP contribution >= 0.6 is 63.0 Å². The Morgan fingerprint density at radius 3 is 1.93 bits per heavy atom. The van der Waals surface area contributed by atoms with Gasteiger partial charge in [0.2, 0.25) is 0 Å². The van der Waals surface area contributed by atoms with E-state index in [-0.39, 0.29) is 12.1 Å². The zero-order valence-electron chi connectivity index (χ0n) is 23.3. The summed E-state index contributed by atoms with van der Waals surface area (Å²) in [6.07, 6.45) is 0. The van der Waals surface area contributed by atoms with Crippen LogP contribution in [-0.2, 0) is 5.75 Å². The second kappa shape index (κ2) is 17.1. The van der Waals surface area contributed by atoms with E-state index in [0.29, 0.717) is 16.4 Å². The molecule has 3 atom stereocenters. The summed E-state index contributed by atoms with van der Waals surface area (Å²) < 4.78 is 6.18. The predicted molar refractivity (Wildman–Crippen MR) is 191 cm³/mol. The summed E-state index contributed by atoms with van der Waals surface area (Å²) in [6, 6.07) is 27.6. The molecule has 0 amide bonds. The number of hydrogen-bond donors (Lipinski definition) is 3. The molecule has 0 bridgehead atoms. The Bertz CT molecular complexity index is 1370. The maximum Gasteiger partial charge on any atom is 0.154 e. The monoisotopic (exact) mass is 702 g/mol. The lowest BCUT2D eigenvalue weighted by Crippen LogP contribution is -2.07. The largest absolute Gasteiger partial charge is 0.497 e. The Morgan fingerprint density at radius 2 is 1.38 bits per heavy atom. The van der Waals surface area contributed by atoms with Crippen molar-refractivity contribution in [3.8, 4) is 5.75 Å². The molecule has 3 unspecified atom stereocenters. The van der Waals surface area contributed by atoms with Crippen LogP contribution in [0, 0.1) is 0 Å². The van der Waals surface area contributed by atoms with Gasteiger partial charge >= 0.3 is 0 Å². The number of methoxy groups -OCH3 is 1. The zero-order chi connectivity index (χ0) is 29.7. The number of nitrogens with two attached hydrogens (primary N) is 3. The first-order valence-corrected chi connectivity index (χ1v) is 18.2. The van der Waals surface area contributed by atoms with Crippen molar-refractivity contribution in [3.05, 3.63) is 100 Å². The van der Waals surface area contributed by atoms with Crippen molar-refractivity contribution in [2.75, 3.05) is 30.1 Å². The van der Waals surface area contributed by atoms with E-state index in [1.807, 2.05) is 54.2 Å². The molecule has 0 aromatic heterocycles. The van der Waals surface area contributed by atoms with Crippen LogP contribution in [0.3, 0.4) is 0 Å².